The molecule has 0 atom stereocenters. The van der Waals surface area contributed by atoms with Crippen LogP contribution in [0.15, 0.2) is 48.7 Å². The van der Waals surface area contributed by atoms with Gasteiger partial charge in [-0.25, -0.2) is 4.39 Å². The fourth-order valence-corrected chi connectivity index (χ4v) is 4.30. The summed E-state index contributed by atoms with van der Waals surface area (Å²) in [7, 11) is 1.34. The van der Waals surface area contributed by atoms with Gasteiger partial charge in [0.1, 0.15) is 0 Å². The molecule has 2 heterocycles. The smallest absolute Gasteiger partial charge is 0.259 e. The Balaban J connectivity index is 1.55. The van der Waals surface area contributed by atoms with Crippen molar-refractivity contribution in [2.24, 2.45) is 5.41 Å². The van der Waals surface area contributed by atoms with Crippen molar-refractivity contribution < 1.29 is 23.5 Å². The minimum absolute atomic E-state index is 0.0110. The maximum absolute atomic E-state index is 14.9. The molecule has 9 heteroatoms. The lowest BCUT2D eigenvalue weighted by molar-refractivity contribution is 0.0938. The predicted octanol–water partition coefficient (Wildman–Crippen LogP) is 5.07. The molecule has 0 saturated carbocycles. The second kappa shape index (κ2) is 11.8. The van der Waals surface area contributed by atoms with Gasteiger partial charge in [-0.1, -0.05) is 32.9 Å². The van der Waals surface area contributed by atoms with Crippen LogP contribution in [-0.4, -0.2) is 56.8 Å². The Hall–Kier alpha value is -3.98. The molecule has 0 radical (unpaired) electrons. The molecule has 4 rings (SSSR count). The quantitative estimate of drug-likeness (QED) is 0.440. The maximum Gasteiger partial charge on any atom is 0.259 e. The zero-order valence-electron chi connectivity index (χ0n) is 23.1. The van der Waals surface area contributed by atoms with Crippen molar-refractivity contribution in [3.05, 3.63) is 71.3 Å². The Morgan fingerprint density at radius 1 is 1.08 bits per heavy atom. The molecule has 0 spiro atoms. The van der Waals surface area contributed by atoms with Crippen LogP contribution in [0.1, 0.15) is 47.2 Å². The second-order valence-corrected chi connectivity index (χ2v) is 10.7. The minimum atomic E-state index is -0.610. The summed E-state index contributed by atoms with van der Waals surface area (Å²) in [4.78, 5) is 32.2. The number of benzene rings is 2. The molecule has 39 heavy (non-hydrogen) atoms. The van der Waals surface area contributed by atoms with Crippen molar-refractivity contribution in [1.82, 2.24) is 10.3 Å². The Morgan fingerprint density at radius 3 is 2.41 bits per heavy atom. The van der Waals surface area contributed by atoms with Crippen LogP contribution in [0.5, 0.6) is 5.75 Å². The van der Waals surface area contributed by atoms with Crippen molar-refractivity contribution in [1.29, 1.82) is 0 Å². The summed E-state index contributed by atoms with van der Waals surface area (Å²) in [5.74, 6) is -1.37. The lowest BCUT2D eigenvalue weighted by Gasteiger charge is -2.29. The largest absolute Gasteiger partial charge is 0.493 e. The summed E-state index contributed by atoms with van der Waals surface area (Å²) >= 11 is 0. The molecule has 0 bridgehead atoms. The second-order valence-electron chi connectivity index (χ2n) is 10.7. The van der Waals surface area contributed by atoms with E-state index in [0.29, 0.717) is 49.8 Å². The molecule has 1 aliphatic rings. The van der Waals surface area contributed by atoms with E-state index >= 15 is 0 Å². The van der Waals surface area contributed by atoms with E-state index in [4.69, 9.17) is 9.47 Å². The van der Waals surface area contributed by atoms with Gasteiger partial charge in [-0.15, -0.1) is 0 Å². The SMILES string of the molecule is COc1c(F)cc(N2CCOCC2)cc1C(=O)Nc1cnc(C)c(-c2ccc(C(=O)NCC(C)(C)C)cc2)c1. The number of nitrogens with zero attached hydrogens (tertiary/aromatic N) is 2. The van der Waals surface area contributed by atoms with E-state index in [0.717, 1.165) is 16.8 Å². The molecule has 1 aromatic heterocycles. The van der Waals surface area contributed by atoms with Gasteiger partial charge in [0.05, 0.1) is 37.8 Å². The summed E-state index contributed by atoms with van der Waals surface area (Å²) in [5.41, 5.74) is 4.09. The van der Waals surface area contributed by atoms with Crippen molar-refractivity contribution in [3.63, 3.8) is 0 Å². The Labute approximate surface area is 228 Å². The van der Waals surface area contributed by atoms with Crippen LogP contribution in [0.2, 0.25) is 0 Å². The molecule has 1 saturated heterocycles. The zero-order chi connectivity index (χ0) is 28.2. The Bertz CT molecular complexity index is 1350. The number of ether oxygens (including phenoxy) is 2. The lowest BCUT2D eigenvalue weighted by Crippen LogP contribution is -2.36. The van der Waals surface area contributed by atoms with E-state index in [2.05, 4.69) is 36.4 Å². The molecule has 206 valence electrons. The summed E-state index contributed by atoms with van der Waals surface area (Å²) in [5, 5.41) is 5.78. The first-order chi connectivity index (χ1) is 18.6. The number of aromatic nitrogens is 1. The molecule has 1 fully saturated rings. The molecule has 2 aromatic carbocycles. The van der Waals surface area contributed by atoms with Crippen molar-refractivity contribution >= 4 is 23.2 Å². The maximum atomic E-state index is 14.9. The van der Waals surface area contributed by atoms with E-state index in [-0.39, 0.29) is 22.6 Å². The zero-order valence-corrected chi connectivity index (χ0v) is 23.1. The van der Waals surface area contributed by atoms with Gasteiger partial charge in [-0.05, 0) is 42.2 Å². The number of nitrogens with one attached hydrogen (secondary N) is 2. The highest BCUT2D eigenvalue weighted by molar-refractivity contribution is 6.07. The summed E-state index contributed by atoms with van der Waals surface area (Å²) < 4.78 is 25.5. The lowest BCUT2D eigenvalue weighted by atomic mass is 9.96. The summed E-state index contributed by atoms with van der Waals surface area (Å²) in [6, 6.07) is 12.1. The van der Waals surface area contributed by atoms with E-state index in [1.54, 1.807) is 24.4 Å². The monoisotopic (exact) mass is 534 g/mol. The first kappa shape index (κ1) is 28.0. The predicted molar refractivity (Wildman–Crippen MR) is 150 cm³/mol. The first-order valence-electron chi connectivity index (χ1n) is 12.9. The molecular weight excluding hydrogens is 499 g/mol. The standard InChI is InChI=1S/C30H35FN4O4/c1-19-24(20-6-8-21(9-7-20)28(36)33-18-30(2,3)4)14-22(17-32-19)34-29(37)25-15-23(16-26(31)27(25)38-5)35-10-12-39-13-11-35/h6-9,14-17H,10-13,18H2,1-5H3,(H,33,36)(H,34,37). The van der Waals surface area contributed by atoms with E-state index in [9.17, 15) is 14.0 Å². The highest BCUT2D eigenvalue weighted by Crippen LogP contribution is 2.31. The van der Waals surface area contributed by atoms with Gasteiger partial charge in [0.25, 0.3) is 11.8 Å². The van der Waals surface area contributed by atoms with Gasteiger partial charge >= 0.3 is 0 Å². The van der Waals surface area contributed by atoms with E-state index < -0.39 is 11.7 Å². The van der Waals surface area contributed by atoms with Gasteiger partial charge in [0, 0.05) is 48.2 Å². The van der Waals surface area contributed by atoms with Crippen LogP contribution < -0.4 is 20.3 Å². The molecule has 3 aromatic rings. The number of hydrogen-bond acceptors (Lipinski definition) is 6. The van der Waals surface area contributed by atoms with Crippen molar-refractivity contribution in [2.45, 2.75) is 27.7 Å². The number of carbonyl (C=O) groups excluding carboxylic acids is 2. The third-order valence-corrected chi connectivity index (χ3v) is 6.44. The van der Waals surface area contributed by atoms with Crippen LogP contribution in [0, 0.1) is 18.2 Å². The highest BCUT2D eigenvalue weighted by atomic mass is 19.1. The number of amides is 2. The number of morpholine rings is 1. The van der Waals surface area contributed by atoms with Crippen LogP contribution in [-0.2, 0) is 4.74 Å². The van der Waals surface area contributed by atoms with Crippen LogP contribution in [0.4, 0.5) is 15.8 Å². The van der Waals surface area contributed by atoms with Gasteiger partial charge in [-0.3, -0.25) is 14.6 Å². The summed E-state index contributed by atoms with van der Waals surface area (Å²) in [6.45, 7) is 10.9. The minimum Gasteiger partial charge on any atom is -0.493 e. The first-order valence-corrected chi connectivity index (χ1v) is 12.9. The average Bonchev–Trinajstić information content (AvgIpc) is 2.92. The average molecular weight is 535 g/mol. The fraction of sp³-hybridized carbons (Fsp3) is 0.367. The third kappa shape index (κ3) is 6.92. The normalized spacial score (nSPS) is 13.6. The number of rotatable bonds is 7. The van der Waals surface area contributed by atoms with E-state index in [1.165, 1.54) is 13.2 Å². The van der Waals surface area contributed by atoms with Gasteiger partial charge in [0.15, 0.2) is 11.6 Å². The van der Waals surface area contributed by atoms with Gasteiger partial charge in [-0.2, -0.15) is 0 Å². The number of hydrogen-bond donors (Lipinski definition) is 2. The van der Waals surface area contributed by atoms with Crippen LogP contribution in [0.3, 0.4) is 0 Å². The Kier molecular flexibility index (Phi) is 8.50. The number of pyridine rings is 1. The number of aryl methyl sites for hydroxylation is 1. The fourth-order valence-electron chi connectivity index (χ4n) is 4.30. The molecule has 0 unspecified atom stereocenters. The highest BCUT2D eigenvalue weighted by Gasteiger charge is 2.22. The van der Waals surface area contributed by atoms with E-state index in [1.807, 2.05) is 30.0 Å². The molecule has 1 aliphatic heterocycles. The molecule has 8 nitrogen and oxygen atoms in total. The number of halogens is 1. The van der Waals surface area contributed by atoms with Crippen LogP contribution >= 0.6 is 0 Å². The summed E-state index contributed by atoms with van der Waals surface area (Å²) in [6.07, 6.45) is 1.56. The topological polar surface area (TPSA) is 92.8 Å². The molecular formula is C30H35FN4O4. The molecule has 0 aliphatic carbocycles. The number of carbonyl (C=O) groups is 2. The number of anilines is 2. The van der Waals surface area contributed by atoms with Gasteiger partial charge < -0.3 is 25.0 Å². The molecule has 2 amide bonds. The Morgan fingerprint density at radius 2 is 1.77 bits per heavy atom. The van der Waals surface area contributed by atoms with Crippen molar-refractivity contribution in [2.75, 3.05) is 50.2 Å². The van der Waals surface area contributed by atoms with Crippen molar-refractivity contribution in [3.8, 4) is 16.9 Å². The third-order valence-electron chi connectivity index (χ3n) is 6.44. The molecule has 2 N–H and O–H groups in total. The van der Waals surface area contributed by atoms with Crippen LogP contribution in [0.25, 0.3) is 11.1 Å². The van der Waals surface area contributed by atoms with Gasteiger partial charge in [0.2, 0.25) is 0 Å². The number of methoxy groups -OCH3 is 1.